The predicted octanol–water partition coefficient (Wildman–Crippen LogP) is 1.93. The first-order valence-electron chi connectivity index (χ1n) is 7.35. The molecule has 0 unspecified atom stereocenters. The minimum absolute atomic E-state index is 0.138. The van der Waals surface area contributed by atoms with Gasteiger partial charge in [-0.15, -0.1) is 0 Å². The molecule has 1 aromatic carbocycles. The summed E-state index contributed by atoms with van der Waals surface area (Å²) < 4.78 is 18.8. The number of carbonyl (C=O) groups excluding carboxylic acids is 1. The van der Waals surface area contributed by atoms with Gasteiger partial charge in [0.15, 0.2) is 0 Å². The number of aromatic nitrogens is 1. The highest BCUT2D eigenvalue weighted by molar-refractivity contribution is 5.99. The van der Waals surface area contributed by atoms with E-state index in [1.54, 1.807) is 17.9 Å². The number of nitrogens with zero attached hydrogens (tertiary/aromatic N) is 1. The maximum Gasteiger partial charge on any atom is 0.306 e. The number of aryl methyl sites for hydroxylation is 1. The first-order valence-corrected chi connectivity index (χ1v) is 7.35. The van der Waals surface area contributed by atoms with Gasteiger partial charge in [-0.05, 0) is 30.7 Å². The van der Waals surface area contributed by atoms with Gasteiger partial charge in [0, 0.05) is 24.0 Å². The molecule has 1 aliphatic rings. The average molecular weight is 320 g/mol. The molecule has 1 amide bonds. The number of carbonyl (C=O) groups is 2. The molecule has 2 aromatic rings. The van der Waals surface area contributed by atoms with Gasteiger partial charge in [-0.25, -0.2) is 4.39 Å². The smallest absolute Gasteiger partial charge is 0.306 e. The van der Waals surface area contributed by atoms with Crippen molar-refractivity contribution in [1.82, 2.24) is 9.88 Å². The number of aliphatic carboxylic acids is 1. The highest BCUT2D eigenvalue weighted by atomic mass is 19.1. The first kappa shape index (κ1) is 15.5. The Morgan fingerprint density at radius 3 is 2.96 bits per heavy atom. The van der Waals surface area contributed by atoms with Crippen molar-refractivity contribution in [2.45, 2.75) is 19.4 Å². The van der Waals surface area contributed by atoms with E-state index in [0.29, 0.717) is 24.4 Å². The molecule has 3 rings (SSSR count). The fourth-order valence-electron chi connectivity index (χ4n) is 2.88. The van der Waals surface area contributed by atoms with E-state index in [9.17, 15) is 14.0 Å². The van der Waals surface area contributed by atoms with Gasteiger partial charge in [0.2, 0.25) is 0 Å². The lowest BCUT2D eigenvalue weighted by Crippen LogP contribution is -2.46. The fraction of sp³-hybridized carbons (Fsp3) is 0.375. The van der Waals surface area contributed by atoms with Gasteiger partial charge in [0.05, 0.1) is 19.1 Å². The van der Waals surface area contributed by atoms with Crippen LogP contribution < -0.4 is 0 Å². The van der Waals surface area contributed by atoms with Crippen LogP contribution in [0.5, 0.6) is 0 Å². The third kappa shape index (κ3) is 3.19. The molecule has 2 heterocycles. The molecule has 0 bridgehead atoms. The SMILES string of the molecule is Cc1cc(F)cc2[nH]c(C(=O)N3CCO[C@@H](CC(=O)O)C3)cc12. The van der Waals surface area contributed by atoms with Crippen LogP contribution in [-0.4, -0.2) is 52.7 Å². The zero-order valence-electron chi connectivity index (χ0n) is 12.6. The number of H-pyrrole nitrogens is 1. The monoisotopic (exact) mass is 320 g/mol. The zero-order chi connectivity index (χ0) is 16.6. The summed E-state index contributed by atoms with van der Waals surface area (Å²) in [6.07, 6.45) is -0.644. The molecule has 23 heavy (non-hydrogen) atoms. The normalized spacial score (nSPS) is 18.3. The number of carboxylic acid groups (broad SMARTS) is 1. The van der Waals surface area contributed by atoms with Gasteiger partial charge in [-0.3, -0.25) is 9.59 Å². The number of benzene rings is 1. The van der Waals surface area contributed by atoms with E-state index in [4.69, 9.17) is 9.84 Å². The molecule has 6 nitrogen and oxygen atoms in total. The van der Waals surface area contributed by atoms with Gasteiger partial charge in [-0.2, -0.15) is 0 Å². The lowest BCUT2D eigenvalue weighted by atomic mass is 10.1. The Hall–Kier alpha value is -2.41. The van der Waals surface area contributed by atoms with Crippen LogP contribution in [0.3, 0.4) is 0 Å². The molecule has 1 aromatic heterocycles. The Balaban J connectivity index is 1.82. The van der Waals surface area contributed by atoms with Crippen LogP contribution in [0, 0.1) is 12.7 Å². The minimum Gasteiger partial charge on any atom is -0.481 e. The Morgan fingerprint density at radius 1 is 1.43 bits per heavy atom. The summed E-state index contributed by atoms with van der Waals surface area (Å²) in [4.78, 5) is 27.9. The zero-order valence-corrected chi connectivity index (χ0v) is 12.6. The number of carboxylic acids is 1. The van der Waals surface area contributed by atoms with Crippen molar-refractivity contribution >= 4 is 22.8 Å². The van der Waals surface area contributed by atoms with Gasteiger partial charge in [-0.1, -0.05) is 0 Å². The Bertz CT molecular complexity index is 771. The van der Waals surface area contributed by atoms with Crippen molar-refractivity contribution in [1.29, 1.82) is 0 Å². The average Bonchev–Trinajstić information content (AvgIpc) is 2.90. The van der Waals surface area contributed by atoms with Crippen LogP contribution in [-0.2, 0) is 9.53 Å². The van der Waals surface area contributed by atoms with Crippen molar-refractivity contribution in [3.05, 3.63) is 35.3 Å². The molecule has 1 saturated heterocycles. The summed E-state index contributed by atoms with van der Waals surface area (Å²) in [5.41, 5.74) is 1.69. The lowest BCUT2D eigenvalue weighted by Gasteiger charge is -2.32. The van der Waals surface area contributed by atoms with E-state index in [-0.39, 0.29) is 24.7 Å². The first-order chi connectivity index (χ1) is 10.9. The molecular weight excluding hydrogens is 303 g/mol. The maximum absolute atomic E-state index is 13.4. The number of rotatable bonds is 3. The van der Waals surface area contributed by atoms with Gasteiger partial charge < -0.3 is 19.7 Å². The fourth-order valence-corrected chi connectivity index (χ4v) is 2.88. The number of amides is 1. The number of hydrogen-bond donors (Lipinski definition) is 2. The van der Waals surface area contributed by atoms with Crippen LogP contribution in [0.15, 0.2) is 18.2 Å². The summed E-state index contributed by atoms with van der Waals surface area (Å²) in [5, 5.41) is 9.63. The summed E-state index contributed by atoms with van der Waals surface area (Å²) in [6.45, 7) is 2.72. The molecule has 0 radical (unpaired) electrons. The van der Waals surface area contributed by atoms with Crippen LogP contribution in [0.25, 0.3) is 10.9 Å². The number of aromatic amines is 1. The van der Waals surface area contributed by atoms with Crippen molar-refractivity contribution in [2.75, 3.05) is 19.7 Å². The van der Waals surface area contributed by atoms with Gasteiger partial charge in [0.25, 0.3) is 5.91 Å². The molecule has 7 heteroatoms. The highest BCUT2D eigenvalue weighted by Crippen LogP contribution is 2.22. The summed E-state index contributed by atoms with van der Waals surface area (Å²) >= 11 is 0. The molecule has 0 saturated carbocycles. The van der Waals surface area contributed by atoms with E-state index in [1.165, 1.54) is 12.1 Å². The number of hydrogen-bond acceptors (Lipinski definition) is 3. The van der Waals surface area contributed by atoms with Crippen molar-refractivity contribution in [2.24, 2.45) is 0 Å². The predicted molar refractivity (Wildman–Crippen MR) is 80.9 cm³/mol. The summed E-state index contributed by atoms with van der Waals surface area (Å²) in [6, 6.07) is 4.47. The Labute approximate surface area is 131 Å². The molecule has 1 atom stereocenters. The largest absolute Gasteiger partial charge is 0.481 e. The third-order valence-corrected chi connectivity index (χ3v) is 3.97. The number of fused-ring (bicyclic) bond motifs is 1. The number of morpholine rings is 1. The second kappa shape index (κ2) is 6.00. The number of nitrogens with one attached hydrogen (secondary N) is 1. The van der Waals surface area contributed by atoms with Crippen molar-refractivity contribution < 1.29 is 23.8 Å². The standard InChI is InChI=1S/C16H17FN2O4/c1-9-4-10(17)5-13-12(9)7-14(18-13)16(22)19-2-3-23-11(8-19)6-15(20)21/h4-5,7,11,18H,2-3,6,8H2,1H3,(H,20,21)/t11-/m0/s1. The van der Waals surface area contributed by atoms with Crippen LogP contribution in [0.2, 0.25) is 0 Å². The van der Waals surface area contributed by atoms with Crippen LogP contribution in [0.1, 0.15) is 22.5 Å². The molecule has 2 N–H and O–H groups in total. The quantitative estimate of drug-likeness (QED) is 0.905. The second-order valence-corrected chi connectivity index (χ2v) is 5.71. The van der Waals surface area contributed by atoms with Gasteiger partial charge >= 0.3 is 5.97 Å². The van der Waals surface area contributed by atoms with Crippen molar-refractivity contribution in [3.63, 3.8) is 0 Å². The number of halogens is 1. The van der Waals surface area contributed by atoms with Crippen molar-refractivity contribution in [3.8, 4) is 0 Å². The van der Waals surface area contributed by atoms with Crippen LogP contribution in [0.4, 0.5) is 4.39 Å². The topological polar surface area (TPSA) is 82.6 Å². The second-order valence-electron chi connectivity index (χ2n) is 5.71. The molecule has 1 aliphatic heterocycles. The molecule has 0 spiro atoms. The lowest BCUT2D eigenvalue weighted by molar-refractivity contribution is -0.141. The summed E-state index contributed by atoms with van der Waals surface area (Å²) in [5.74, 6) is -1.55. The van der Waals surface area contributed by atoms with Crippen LogP contribution >= 0.6 is 0 Å². The van der Waals surface area contributed by atoms with E-state index in [1.807, 2.05) is 0 Å². The molecule has 0 aliphatic carbocycles. The Morgan fingerprint density at radius 2 is 2.22 bits per heavy atom. The molecular formula is C16H17FN2O4. The molecule has 122 valence electrons. The maximum atomic E-state index is 13.4. The highest BCUT2D eigenvalue weighted by Gasteiger charge is 2.27. The molecule has 1 fully saturated rings. The van der Waals surface area contributed by atoms with E-state index in [2.05, 4.69) is 4.98 Å². The summed E-state index contributed by atoms with van der Waals surface area (Å²) in [7, 11) is 0. The van der Waals surface area contributed by atoms with Gasteiger partial charge in [0.1, 0.15) is 11.5 Å². The van der Waals surface area contributed by atoms with E-state index in [0.717, 1.165) is 10.9 Å². The third-order valence-electron chi connectivity index (χ3n) is 3.97. The van der Waals surface area contributed by atoms with E-state index < -0.39 is 12.1 Å². The number of ether oxygens (including phenoxy) is 1. The Kier molecular flexibility index (Phi) is 4.04. The van der Waals surface area contributed by atoms with E-state index >= 15 is 0 Å². The minimum atomic E-state index is -0.957.